The zero-order valence-electron chi connectivity index (χ0n) is 10.0. The highest BCUT2D eigenvalue weighted by Gasteiger charge is 2.06. The molecule has 1 heterocycles. The highest BCUT2D eigenvalue weighted by Crippen LogP contribution is 2.13. The van der Waals surface area contributed by atoms with Gasteiger partial charge < -0.3 is 5.11 Å². The fraction of sp³-hybridized carbons (Fsp3) is 0.417. The van der Waals surface area contributed by atoms with Crippen molar-refractivity contribution in [3.8, 4) is 11.4 Å². The van der Waals surface area contributed by atoms with Gasteiger partial charge in [0.1, 0.15) is 0 Å². The molecular formula is C12H16N4O. The van der Waals surface area contributed by atoms with Crippen molar-refractivity contribution < 1.29 is 5.11 Å². The van der Waals surface area contributed by atoms with Crippen LogP contribution < -0.4 is 0 Å². The van der Waals surface area contributed by atoms with E-state index in [-0.39, 0.29) is 6.10 Å². The van der Waals surface area contributed by atoms with E-state index >= 15 is 0 Å². The van der Waals surface area contributed by atoms with Crippen LogP contribution in [0, 0.1) is 6.92 Å². The average Bonchev–Trinajstić information content (AvgIpc) is 2.76. The van der Waals surface area contributed by atoms with Crippen molar-refractivity contribution in [2.24, 2.45) is 0 Å². The van der Waals surface area contributed by atoms with E-state index in [9.17, 15) is 5.11 Å². The Bertz CT molecular complexity index is 476. The minimum atomic E-state index is -0.344. The second-order valence-corrected chi connectivity index (χ2v) is 4.21. The summed E-state index contributed by atoms with van der Waals surface area (Å²) in [5.74, 6) is 0.621. The number of nitrogens with zero attached hydrogens (tertiary/aromatic N) is 4. The van der Waals surface area contributed by atoms with Crippen LogP contribution in [0.1, 0.15) is 18.9 Å². The first kappa shape index (κ1) is 11.7. The monoisotopic (exact) mass is 232 g/mol. The van der Waals surface area contributed by atoms with Gasteiger partial charge in [0.2, 0.25) is 5.82 Å². The molecule has 0 bridgehead atoms. The lowest BCUT2D eigenvalue weighted by Crippen LogP contribution is -2.09. The fourth-order valence-corrected chi connectivity index (χ4v) is 1.46. The van der Waals surface area contributed by atoms with Gasteiger partial charge in [0.05, 0.1) is 12.6 Å². The summed E-state index contributed by atoms with van der Waals surface area (Å²) in [5, 5.41) is 21.4. The molecule has 5 heteroatoms. The van der Waals surface area contributed by atoms with E-state index in [1.54, 1.807) is 6.92 Å². The number of rotatable bonds is 4. The fourth-order valence-electron chi connectivity index (χ4n) is 1.46. The molecule has 0 amide bonds. The van der Waals surface area contributed by atoms with E-state index in [1.807, 2.05) is 31.2 Å². The second kappa shape index (κ2) is 5.05. The molecule has 2 rings (SSSR count). The van der Waals surface area contributed by atoms with Gasteiger partial charge in [-0.15, -0.1) is 10.2 Å². The SMILES string of the molecule is Cc1ccc(-c2nnn(CC[C@@H](C)O)n2)cc1. The number of aromatic nitrogens is 4. The van der Waals surface area contributed by atoms with Crippen LogP contribution in [0.3, 0.4) is 0 Å². The third-order valence-corrected chi connectivity index (χ3v) is 2.51. The van der Waals surface area contributed by atoms with E-state index in [4.69, 9.17) is 0 Å². The first-order valence-corrected chi connectivity index (χ1v) is 5.68. The standard InChI is InChI=1S/C12H16N4O/c1-9-3-5-11(6-4-9)12-13-15-16(14-12)8-7-10(2)17/h3-6,10,17H,7-8H2,1-2H3/t10-/m1/s1. The summed E-state index contributed by atoms with van der Waals surface area (Å²) < 4.78 is 0. The van der Waals surface area contributed by atoms with E-state index < -0.39 is 0 Å². The molecule has 17 heavy (non-hydrogen) atoms. The Labute approximate surface area is 100 Å². The van der Waals surface area contributed by atoms with Crippen LogP contribution >= 0.6 is 0 Å². The Morgan fingerprint density at radius 3 is 2.65 bits per heavy atom. The van der Waals surface area contributed by atoms with Gasteiger partial charge in [0, 0.05) is 5.56 Å². The third-order valence-electron chi connectivity index (χ3n) is 2.51. The molecule has 1 aromatic carbocycles. The summed E-state index contributed by atoms with van der Waals surface area (Å²) in [4.78, 5) is 1.52. The van der Waals surface area contributed by atoms with Gasteiger partial charge in [-0.1, -0.05) is 29.8 Å². The first-order valence-electron chi connectivity index (χ1n) is 5.68. The molecule has 1 N–H and O–H groups in total. The molecule has 0 radical (unpaired) electrons. The lowest BCUT2D eigenvalue weighted by Gasteiger charge is -2.01. The van der Waals surface area contributed by atoms with Crippen molar-refractivity contribution in [3.05, 3.63) is 29.8 Å². The van der Waals surface area contributed by atoms with Crippen LogP contribution in [0.15, 0.2) is 24.3 Å². The number of aliphatic hydroxyl groups excluding tert-OH is 1. The zero-order chi connectivity index (χ0) is 12.3. The Morgan fingerprint density at radius 1 is 1.29 bits per heavy atom. The number of aryl methyl sites for hydroxylation is 2. The lowest BCUT2D eigenvalue weighted by molar-refractivity contribution is 0.173. The highest BCUT2D eigenvalue weighted by atomic mass is 16.3. The summed E-state index contributed by atoms with van der Waals surface area (Å²) in [6, 6.07) is 7.99. The number of aliphatic hydroxyl groups is 1. The Kier molecular flexibility index (Phi) is 3.49. The van der Waals surface area contributed by atoms with E-state index in [2.05, 4.69) is 15.4 Å². The molecule has 1 atom stereocenters. The van der Waals surface area contributed by atoms with Crippen molar-refractivity contribution >= 4 is 0 Å². The van der Waals surface area contributed by atoms with Crippen molar-refractivity contribution in [1.82, 2.24) is 20.2 Å². The van der Waals surface area contributed by atoms with Gasteiger partial charge in [-0.3, -0.25) is 0 Å². The predicted octanol–water partition coefficient (Wildman–Crippen LogP) is 1.42. The van der Waals surface area contributed by atoms with Gasteiger partial charge in [0.15, 0.2) is 0 Å². The predicted molar refractivity (Wildman–Crippen MR) is 64.3 cm³/mol. The minimum absolute atomic E-state index is 0.344. The Hall–Kier alpha value is -1.75. The van der Waals surface area contributed by atoms with Gasteiger partial charge in [0.25, 0.3) is 0 Å². The summed E-state index contributed by atoms with van der Waals surface area (Å²) in [6.45, 7) is 4.37. The molecular weight excluding hydrogens is 216 g/mol. The minimum Gasteiger partial charge on any atom is -0.393 e. The van der Waals surface area contributed by atoms with Gasteiger partial charge in [-0.2, -0.15) is 4.80 Å². The van der Waals surface area contributed by atoms with Gasteiger partial charge in [-0.25, -0.2) is 0 Å². The number of hydrogen-bond donors (Lipinski definition) is 1. The second-order valence-electron chi connectivity index (χ2n) is 4.21. The van der Waals surface area contributed by atoms with Crippen LogP contribution in [0.5, 0.6) is 0 Å². The molecule has 0 unspecified atom stereocenters. The number of benzene rings is 1. The third kappa shape index (κ3) is 3.10. The number of hydrogen-bond acceptors (Lipinski definition) is 4. The summed E-state index contributed by atoms with van der Waals surface area (Å²) in [6.07, 6.45) is 0.285. The van der Waals surface area contributed by atoms with Crippen molar-refractivity contribution in [3.63, 3.8) is 0 Å². The Balaban J connectivity index is 2.10. The van der Waals surface area contributed by atoms with E-state index in [0.29, 0.717) is 18.8 Å². The molecule has 0 aliphatic heterocycles. The van der Waals surface area contributed by atoms with Crippen molar-refractivity contribution in [2.45, 2.75) is 32.9 Å². The normalized spacial score (nSPS) is 12.6. The van der Waals surface area contributed by atoms with E-state index in [1.165, 1.54) is 10.4 Å². The van der Waals surface area contributed by atoms with E-state index in [0.717, 1.165) is 5.56 Å². The maximum Gasteiger partial charge on any atom is 0.204 e. The van der Waals surface area contributed by atoms with Crippen molar-refractivity contribution in [2.75, 3.05) is 0 Å². The molecule has 0 fully saturated rings. The largest absolute Gasteiger partial charge is 0.393 e. The van der Waals surface area contributed by atoms with Crippen LogP contribution in [-0.2, 0) is 6.54 Å². The maximum atomic E-state index is 9.18. The Morgan fingerprint density at radius 2 is 2.00 bits per heavy atom. The smallest absolute Gasteiger partial charge is 0.204 e. The zero-order valence-corrected chi connectivity index (χ0v) is 10.0. The maximum absolute atomic E-state index is 9.18. The molecule has 5 nitrogen and oxygen atoms in total. The summed E-state index contributed by atoms with van der Waals surface area (Å²) in [5.41, 5.74) is 2.16. The summed E-state index contributed by atoms with van der Waals surface area (Å²) >= 11 is 0. The highest BCUT2D eigenvalue weighted by molar-refractivity contribution is 5.53. The number of tetrazole rings is 1. The molecule has 90 valence electrons. The van der Waals surface area contributed by atoms with Crippen LogP contribution in [0.2, 0.25) is 0 Å². The van der Waals surface area contributed by atoms with Crippen LogP contribution in [0.4, 0.5) is 0 Å². The first-order chi connectivity index (χ1) is 8.15. The van der Waals surface area contributed by atoms with Crippen molar-refractivity contribution in [1.29, 1.82) is 0 Å². The van der Waals surface area contributed by atoms with Gasteiger partial charge >= 0.3 is 0 Å². The molecule has 0 aliphatic rings. The molecule has 0 aliphatic carbocycles. The summed E-state index contributed by atoms with van der Waals surface area (Å²) in [7, 11) is 0. The lowest BCUT2D eigenvalue weighted by atomic mass is 10.1. The molecule has 0 saturated carbocycles. The molecule has 0 spiro atoms. The molecule has 0 saturated heterocycles. The molecule has 2 aromatic rings. The van der Waals surface area contributed by atoms with Crippen LogP contribution in [-0.4, -0.2) is 31.4 Å². The van der Waals surface area contributed by atoms with Gasteiger partial charge in [-0.05, 0) is 25.5 Å². The quantitative estimate of drug-likeness (QED) is 0.865. The molecule has 1 aromatic heterocycles. The average molecular weight is 232 g/mol. The van der Waals surface area contributed by atoms with Crippen LogP contribution in [0.25, 0.3) is 11.4 Å². The topological polar surface area (TPSA) is 63.8 Å².